The van der Waals surface area contributed by atoms with E-state index in [-0.39, 0.29) is 28.0 Å². The molecule has 6 nitrogen and oxygen atoms in total. The molecule has 0 radical (unpaired) electrons. The number of aromatic nitrogens is 1. The molecule has 0 unspecified atom stereocenters. The van der Waals surface area contributed by atoms with Crippen LogP contribution in [0.15, 0.2) is 46.4 Å². The van der Waals surface area contributed by atoms with Crippen LogP contribution in [-0.2, 0) is 11.2 Å². The van der Waals surface area contributed by atoms with Crippen molar-refractivity contribution >= 4 is 51.5 Å². The minimum Gasteiger partial charge on any atom is -0.459 e. The zero-order valence-corrected chi connectivity index (χ0v) is 14.8. The van der Waals surface area contributed by atoms with Gasteiger partial charge in [-0.2, -0.15) is 0 Å². The van der Waals surface area contributed by atoms with Crippen LogP contribution in [0.4, 0.5) is 5.13 Å². The maximum absolute atomic E-state index is 12.0. The third-order valence-corrected chi connectivity index (χ3v) is 4.38. The van der Waals surface area contributed by atoms with Crippen molar-refractivity contribution in [3.63, 3.8) is 0 Å². The molecule has 0 aliphatic heterocycles. The number of rotatable bonds is 5. The van der Waals surface area contributed by atoms with Crippen LogP contribution in [0.5, 0.6) is 5.75 Å². The van der Waals surface area contributed by atoms with Crippen molar-refractivity contribution in [3.05, 3.63) is 63.5 Å². The number of nitrogens with one attached hydrogen (secondary N) is 1. The van der Waals surface area contributed by atoms with Crippen molar-refractivity contribution in [3.8, 4) is 5.75 Å². The van der Waals surface area contributed by atoms with Gasteiger partial charge in [-0.3, -0.25) is 14.9 Å². The number of furan rings is 1. The number of para-hydroxylation sites is 1. The topological polar surface area (TPSA) is 81.4 Å². The average Bonchev–Trinajstić information content (AvgIpc) is 3.23. The molecule has 2 heterocycles. The number of esters is 1. The third kappa shape index (κ3) is 4.39. The maximum atomic E-state index is 12.0. The molecular formula is C16H10Cl2N2O4S. The first kappa shape index (κ1) is 17.5. The number of ether oxygens (including phenoxy) is 1. The number of carbonyl (C=O) groups excluding carboxylic acids is 2. The summed E-state index contributed by atoms with van der Waals surface area (Å²) in [6.07, 6.45) is 1.31. The van der Waals surface area contributed by atoms with Crippen LogP contribution in [-0.4, -0.2) is 16.9 Å². The van der Waals surface area contributed by atoms with E-state index in [1.165, 1.54) is 23.7 Å². The van der Waals surface area contributed by atoms with E-state index in [0.29, 0.717) is 10.8 Å². The first-order chi connectivity index (χ1) is 12.0. The Kier molecular flexibility index (Phi) is 5.37. The van der Waals surface area contributed by atoms with E-state index < -0.39 is 11.9 Å². The zero-order chi connectivity index (χ0) is 17.8. The maximum Gasteiger partial charge on any atom is 0.317 e. The fraction of sp³-hybridized carbons (Fsp3) is 0.0625. The molecule has 9 heteroatoms. The summed E-state index contributed by atoms with van der Waals surface area (Å²) in [5.41, 5.74) is 0.452. The quantitative estimate of drug-likeness (QED) is 0.508. The Labute approximate surface area is 156 Å². The lowest BCUT2D eigenvalue weighted by atomic mass is 10.3. The summed E-state index contributed by atoms with van der Waals surface area (Å²) in [7, 11) is 0. The van der Waals surface area contributed by atoms with Gasteiger partial charge in [-0.1, -0.05) is 29.3 Å². The molecule has 0 saturated carbocycles. The zero-order valence-electron chi connectivity index (χ0n) is 12.5. The van der Waals surface area contributed by atoms with Crippen LogP contribution in [0.3, 0.4) is 0 Å². The van der Waals surface area contributed by atoms with Crippen molar-refractivity contribution < 1.29 is 18.7 Å². The highest BCUT2D eigenvalue weighted by atomic mass is 35.5. The third-order valence-electron chi connectivity index (χ3n) is 2.98. The molecule has 3 rings (SSSR count). The monoisotopic (exact) mass is 396 g/mol. The summed E-state index contributed by atoms with van der Waals surface area (Å²) in [6.45, 7) is 0. The van der Waals surface area contributed by atoms with Gasteiger partial charge in [0.2, 0.25) is 0 Å². The molecule has 2 aromatic heterocycles. The number of benzene rings is 1. The molecule has 3 aromatic rings. The summed E-state index contributed by atoms with van der Waals surface area (Å²) in [6, 6.07) is 7.94. The number of nitrogens with zero attached hydrogens (tertiary/aromatic N) is 1. The van der Waals surface area contributed by atoms with Gasteiger partial charge in [0.1, 0.15) is 0 Å². The normalized spacial score (nSPS) is 10.5. The summed E-state index contributed by atoms with van der Waals surface area (Å²) in [5, 5.41) is 5.06. The van der Waals surface area contributed by atoms with Gasteiger partial charge in [-0.15, -0.1) is 11.3 Å². The predicted molar refractivity (Wildman–Crippen MR) is 94.6 cm³/mol. The minimum atomic E-state index is -0.566. The van der Waals surface area contributed by atoms with Gasteiger partial charge < -0.3 is 9.15 Å². The molecule has 0 aliphatic rings. The van der Waals surface area contributed by atoms with Crippen LogP contribution >= 0.6 is 34.5 Å². The van der Waals surface area contributed by atoms with Crippen molar-refractivity contribution in [2.45, 2.75) is 6.42 Å². The molecule has 128 valence electrons. The van der Waals surface area contributed by atoms with Crippen LogP contribution < -0.4 is 10.1 Å². The first-order valence-corrected chi connectivity index (χ1v) is 8.60. The van der Waals surface area contributed by atoms with E-state index in [1.807, 2.05) is 0 Å². The van der Waals surface area contributed by atoms with E-state index >= 15 is 0 Å². The van der Waals surface area contributed by atoms with Gasteiger partial charge >= 0.3 is 5.97 Å². The molecule has 0 atom stereocenters. The van der Waals surface area contributed by atoms with Crippen LogP contribution in [0.2, 0.25) is 10.0 Å². The second kappa shape index (κ2) is 7.69. The number of halogens is 2. The second-order valence-corrected chi connectivity index (χ2v) is 6.45. The Morgan fingerprint density at radius 3 is 2.64 bits per heavy atom. The Bertz CT molecular complexity index is 889. The molecule has 1 aromatic carbocycles. The van der Waals surface area contributed by atoms with Gasteiger partial charge in [-0.05, 0) is 24.3 Å². The number of amides is 1. The highest BCUT2D eigenvalue weighted by Gasteiger charge is 2.16. The molecule has 1 N–H and O–H groups in total. The van der Waals surface area contributed by atoms with Crippen molar-refractivity contribution in [1.82, 2.24) is 4.98 Å². The molecule has 1 amide bonds. The molecule has 25 heavy (non-hydrogen) atoms. The van der Waals surface area contributed by atoms with Gasteiger partial charge in [0.15, 0.2) is 16.6 Å². The molecular weight excluding hydrogens is 387 g/mol. The Morgan fingerprint density at radius 1 is 1.20 bits per heavy atom. The fourth-order valence-electron chi connectivity index (χ4n) is 1.89. The highest BCUT2D eigenvalue weighted by Crippen LogP contribution is 2.32. The van der Waals surface area contributed by atoms with E-state index in [1.54, 1.807) is 29.6 Å². The predicted octanol–water partition coefficient (Wildman–Crippen LogP) is 4.44. The molecule has 0 aliphatic carbocycles. The minimum absolute atomic E-state index is 0.0886. The summed E-state index contributed by atoms with van der Waals surface area (Å²) >= 11 is 13.1. The van der Waals surface area contributed by atoms with Crippen molar-refractivity contribution in [1.29, 1.82) is 0 Å². The molecule has 0 spiro atoms. The molecule has 0 fully saturated rings. The van der Waals surface area contributed by atoms with Gasteiger partial charge in [0.25, 0.3) is 5.91 Å². The Morgan fingerprint density at radius 2 is 1.96 bits per heavy atom. The lowest BCUT2D eigenvalue weighted by molar-refractivity contribution is -0.133. The largest absolute Gasteiger partial charge is 0.459 e. The second-order valence-electron chi connectivity index (χ2n) is 4.78. The lowest BCUT2D eigenvalue weighted by Gasteiger charge is -2.07. The van der Waals surface area contributed by atoms with Crippen LogP contribution in [0, 0.1) is 0 Å². The number of carbonyl (C=O) groups is 2. The fourth-order valence-corrected chi connectivity index (χ4v) is 3.07. The van der Waals surface area contributed by atoms with Crippen LogP contribution in [0.1, 0.15) is 16.2 Å². The van der Waals surface area contributed by atoms with Gasteiger partial charge in [-0.25, -0.2) is 4.98 Å². The lowest BCUT2D eigenvalue weighted by Crippen LogP contribution is -2.13. The Balaban J connectivity index is 1.61. The Hall–Kier alpha value is -2.35. The van der Waals surface area contributed by atoms with Crippen molar-refractivity contribution in [2.24, 2.45) is 0 Å². The summed E-state index contributed by atoms with van der Waals surface area (Å²) < 4.78 is 10.2. The van der Waals surface area contributed by atoms with E-state index in [9.17, 15) is 9.59 Å². The van der Waals surface area contributed by atoms with Crippen molar-refractivity contribution in [2.75, 3.05) is 5.32 Å². The average molecular weight is 397 g/mol. The van der Waals surface area contributed by atoms with Crippen LogP contribution in [0.25, 0.3) is 0 Å². The summed E-state index contributed by atoms with van der Waals surface area (Å²) in [4.78, 5) is 28.1. The van der Waals surface area contributed by atoms with E-state index in [4.69, 9.17) is 32.4 Å². The SMILES string of the molecule is O=C(Cc1csc(NC(=O)c2ccco2)n1)Oc1c(Cl)cccc1Cl. The smallest absolute Gasteiger partial charge is 0.317 e. The molecule has 0 saturated heterocycles. The van der Waals surface area contributed by atoms with Gasteiger partial charge in [0.05, 0.1) is 28.4 Å². The number of anilines is 1. The standard InChI is InChI=1S/C16H10Cl2N2O4S/c17-10-3-1-4-11(18)14(10)24-13(21)7-9-8-25-16(19-9)20-15(22)12-5-2-6-23-12/h1-6,8H,7H2,(H,19,20,22). The molecule has 0 bridgehead atoms. The highest BCUT2D eigenvalue weighted by molar-refractivity contribution is 7.14. The summed E-state index contributed by atoms with van der Waals surface area (Å²) in [5.74, 6) is -0.706. The first-order valence-electron chi connectivity index (χ1n) is 6.97. The van der Waals surface area contributed by atoms with E-state index in [2.05, 4.69) is 10.3 Å². The number of hydrogen-bond donors (Lipinski definition) is 1. The number of thiazole rings is 1. The number of hydrogen-bond acceptors (Lipinski definition) is 6. The van der Waals surface area contributed by atoms with E-state index in [0.717, 1.165) is 0 Å². The van der Waals surface area contributed by atoms with Gasteiger partial charge in [0, 0.05) is 5.38 Å².